The zero-order valence-electron chi connectivity index (χ0n) is 3.04. The molecular formula is C3H8Co. The number of hydrogen-bond acceptors (Lipinski definition) is 0. The van der Waals surface area contributed by atoms with E-state index >= 15 is 0 Å². The van der Waals surface area contributed by atoms with Crippen molar-refractivity contribution in [1.29, 1.82) is 0 Å². The van der Waals surface area contributed by atoms with E-state index in [9.17, 15) is 0 Å². The van der Waals surface area contributed by atoms with Gasteiger partial charge in [0.05, 0.1) is 0 Å². The molecule has 0 nitrogen and oxygen atoms in total. The minimum absolute atomic E-state index is 0. The van der Waals surface area contributed by atoms with Crippen LogP contribution in [0.3, 0.4) is 0 Å². The Kier molecular flexibility index (Phi) is 21.4. The molecule has 0 bridgehead atoms. The third kappa shape index (κ3) is 22.2. The van der Waals surface area contributed by atoms with Gasteiger partial charge in [-0.3, -0.25) is 0 Å². The van der Waals surface area contributed by atoms with Gasteiger partial charge in [-0.15, -0.1) is 0 Å². The first-order valence-electron chi connectivity index (χ1n) is 1.41. The average Bonchev–Trinajstić information content (AvgIpc) is 0.918. The van der Waals surface area contributed by atoms with Crippen molar-refractivity contribution in [3.05, 3.63) is 0 Å². The van der Waals surface area contributed by atoms with Crippen LogP contribution in [0.2, 0.25) is 0 Å². The van der Waals surface area contributed by atoms with Crippen LogP contribution in [0.25, 0.3) is 0 Å². The summed E-state index contributed by atoms with van der Waals surface area (Å²) >= 11 is 0. The van der Waals surface area contributed by atoms with Crippen LogP contribution < -0.4 is 0 Å². The van der Waals surface area contributed by atoms with Gasteiger partial charge in [0.1, 0.15) is 0 Å². The molecule has 0 N–H and O–H groups in total. The van der Waals surface area contributed by atoms with Crippen molar-refractivity contribution in [2.24, 2.45) is 0 Å². The van der Waals surface area contributed by atoms with Gasteiger partial charge in [0.25, 0.3) is 0 Å². The summed E-state index contributed by atoms with van der Waals surface area (Å²) in [6.45, 7) is 4.25. The van der Waals surface area contributed by atoms with E-state index in [1.54, 1.807) is 0 Å². The molecule has 0 aliphatic heterocycles. The van der Waals surface area contributed by atoms with E-state index < -0.39 is 0 Å². The molecular weight excluding hydrogens is 95.0 g/mol. The summed E-state index contributed by atoms with van der Waals surface area (Å²) in [6.07, 6.45) is 1.25. The Morgan fingerprint density at radius 2 is 1.25 bits per heavy atom. The molecule has 0 heterocycles. The van der Waals surface area contributed by atoms with Crippen LogP contribution in [-0.4, -0.2) is 0 Å². The van der Waals surface area contributed by atoms with Crippen molar-refractivity contribution >= 4 is 0 Å². The van der Waals surface area contributed by atoms with E-state index in [1.807, 2.05) is 0 Å². The Balaban J connectivity index is 0. The van der Waals surface area contributed by atoms with E-state index in [4.69, 9.17) is 0 Å². The summed E-state index contributed by atoms with van der Waals surface area (Å²) in [6, 6.07) is 0. The molecule has 0 fully saturated rings. The molecule has 0 aromatic carbocycles. The Morgan fingerprint density at radius 3 is 1.25 bits per heavy atom. The largest absolute Gasteiger partial charge is 0.0656 e. The monoisotopic (exact) mass is 103 g/mol. The molecule has 0 amide bonds. The van der Waals surface area contributed by atoms with Gasteiger partial charge in [0, 0.05) is 16.8 Å². The van der Waals surface area contributed by atoms with Crippen LogP contribution in [0.15, 0.2) is 0 Å². The quantitative estimate of drug-likeness (QED) is 0.434. The number of hydrogen-bond donors (Lipinski definition) is 0. The molecule has 1 radical (unpaired) electrons. The Bertz CT molecular complexity index is 3.25. The predicted molar refractivity (Wildman–Crippen MR) is 16.0 cm³/mol. The first kappa shape index (κ1) is 8.82. The third-order valence-corrected chi connectivity index (χ3v) is 0. The van der Waals surface area contributed by atoms with Crippen molar-refractivity contribution in [2.45, 2.75) is 20.3 Å². The Morgan fingerprint density at radius 1 is 1.25 bits per heavy atom. The summed E-state index contributed by atoms with van der Waals surface area (Å²) in [5.41, 5.74) is 0. The maximum atomic E-state index is 2.12. The van der Waals surface area contributed by atoms with Gasteiger partial charge in [0.2, 0.25) is 0 Å². The minimum atomic E-state index is 0. The second-order valence-corrected chi connectivity index (χ2v) is 0.707. The first-order valence-corrected chi connectivity index (χ1v) is 1.41. The van der Waals surface area contributed by atoms with Crippen molar-refractivity contribution in [3.63, 3.8) is 0 Å². The van der Waals surface area contributed by atoms with Crippen LogP contribution in [0.5, 0.6) is 0 Å². The summed E-state index contributed by atoms with van der Waals surface area (Å²) in [4.78, 5) is 0. The van der Waals surface area contributed by atoms with E-state index in [1.165, 1.54) is 6.42 Å². The summed E-state index contributed by atoms with van der Waals surface area (Å²) in [7, 11) is 0. The molecule has 29 valence electrons. The van der Waals surface area contributed by atoms with Crippen LogP contribution in [0.1, 0.15) is 20.3 Å². The Hall–Kier alpha value is 0.506. The SMILES string of the molecule is CCC.[Co]. The molecule has 0 unspecified atom stereocenters. The molecule has 0 aromatic rings. The van der Waals surface area contributed by atoms with Crippen molar-refractivity contribution in [3.8, 4) is 0 Å². The fourth-order valence-electron chi connectivity index (χ4n) is 0. The van der Waals surface area contributed by atoms with Crippen molar-refractivity contribution < 1.29 is 16.8 Å². The predicted octanol–water partition coefficient (Wildman–Crippen LogP) is 1.41. The van der Waals surface area contributed by atoms with Gasteiger partial charge in [-0.1, -0.05) is 20.3 Å². The van der Waals surface area contributed by atoms with Crippen LogP contribution >= 0.6 is 0 Å². The molecule has 0 atom stereocenters. The zero-order chi connectivity index (χ0) is 2.71. The van der Waals surface area contributed by atoms with Gasteiger partial charge in [-0.05, 0) is 0 Å². The van der Waals surface area contributed by atoms with E-state index in [0.717, 1.165) is 0 Å². The molecule has 0 aromatic heterocycles. The fourth-order valence-corrected chi connectivity index (χ4v) is 0. The standard InChI is InChI=1S/C3H8.Co/c1-3-2;/h3H2,1-2H3;. The average molecular weight is 103 g/mol. The van der Waals surface area contributed by atoms with Gasteiger partial charge in [-0.25, -0.2) is 0 Å². The van der Waals surface area contributed by atoms with Crippen molar-refractivity contribution in [2.75, 3.05) is 0 Å². The summed E-state index contributed by atoms with van der Waals surface area (Å²) in [5.74, 6) is 0. The third-order valence-electron chi connectivity index (χ3n) is 0. The van der Waals surface area contributed by atoms with E-state index in [0.29, 0.717) is 0 Å². The van der Waals surface area contributed by atoms with Gasteiger partial charge in [-0.2, -0.15) is 0 Å². The second kappa shape index (κ2) is 9.71. The topological polar surface area (TPSA) is 0 Å². The number of rotatable bonds is 0. The van der Waals surface area contributed by atoms with Gasteiger partial charge < -0.3 is 0 Å². The van der Waals surface area contributed by atoms with Crippen LogP contribution in [-0.2, 0) is 16.8 Å². The zero-order valence-corrected chi connectivity index (χ0v) is 4.08. The molecule has 0 saturated carbocycles. The van der Waals surface area contributed by atoms with Crippen molar-refractivity contribution in [1.82, 2.24) is 0 Å². The smallest absolute Gasteiger partial charge is 0 e. The Labute approximate surface area is 37.8 Å². The molecule has 0 saturated heterocycles. The van der Waals surface area contributed by atoms with E-state index in [2.05, 4.69) is 13.8 Å². The summed E-state index contributed by atoms with van der Waals surface area (Å²) in [5, 5.41) is 0. The maximum absolute atomic E-state index is 2.12. The molecule has 0 aliphatic carbocycles. The maximum Gasteiger partial charge on any atom is 0 e. The molecule has 4 heavy (non-hydrogen) atoms. The molecule has 0 spiro atoms. The van der Waals surface area contributed by atoms with E-state index in [-0.39, 0.29) is 16.8 Å². The van der Waals surface area contributed by atoms with Gasteiger partial charge in [0.15, 0.2) is 0 Å². The normalized spacial score (nSPS) is 4.50. The van der Waals surface area contributed by atoms with Gasteiger partial charge >= 0.3 is 0 Å². The molecule has 0 rings (SSSR count). The fraction of sp³-hybridized carbons (Fsp3) is 1.00. The molecule has 0 aliphatic rings. The first-order chi connectivity index (χ1) is 1.41. The second-order valence-electron chi connectivity index (χ2n) is 0.707. The molecule has 1 heteroatoms. The minimum Gasteiger partial charge on any atom is -0.0656 e. The van der Waals surface area contributed by atoms with Crippen LogP contribution in [0.4, 0.5) is 0 Å². The van der Waals surface area contributed by atoms with Crippen LogP contribution in [0, 0.1) is 0 Å². The summed E-state index contributed by atoms with van der Waals surface area (Å²) < 4.78 is 0.